The van der Waals surface area contributed by atoms with Crippen molar-refractivity contribution in [2.45, 2.75) is 26.2 Å². The molecule has 0 aliphatic carbocycles. The van der Waals surface area contributed by atoms with E-state index in [1.807, 2.05) is 0 Å². The number of anilines is 1. The van der Waals surface area contributed by atoms with Gasteiger partial charge in [-0.25, -0.2) is 0 Å². The van der Waals surface area contributed by atoms with Crippen molar-refractivity contribution >= 4 is 17.4 Å². The largest absolute Gasteiger partial charge is 0.381 e. The molecule has 1 fully saturated rings. The Morgan fingerprint density at radius 1 is 1.21 bits per heavy atom. The van der Waals surface area contributed by atoms with Crippen LogP contribution in [0.3, 0.4) is 0 Å². The molecule has 0 saturated carbocycles. The van der Waals surface area contributed by atoms with E-state index in [9.17, 15) is 9.59 Å². The van der Waals surface area contributed by atoms with Crippen molar-refractivity contribution < 1.29 is 14.3 Å². The first-order valence-corrected chi connectivity index (χ1v) is 6.64. The number of Topliss-reactive ketones (excluding diaryl/α,β-unsaturated/α-hetero) is 1. The number of nitrogens with one attached hydrogen (secondary N) is 1. The zero-order valence-electron chi connectivity index (χ0n) is 11.1. The van der Waals surface area contributed by atoms with E-state index in [0.717, 1.165) is 31.7 Å². The molecule has 0 atom stereocenters. The van der Waals surface area contributed by atoms with Gasteiger partial charge in [0.2, 0.25) is 5.91 Å². The fourth-order valence-electron chi connectivity index (χ4n) is 2.21. The quantitative estimate of drug-likeness (QED) is 0.848. The standard InChI is InChI=1S/C15H19NO3/c1-11(17)13-2-4-14(5-3-13)16-15(18)10-12-6-8-19-9-7-12/h2-5,12H,6-10H2,1H3,(H,16,18). The highest BCUT2D eigenvalue weighted by Crippen LogP contribution is 2.19. The van der Waals surface area contributed by atoms with Crippen LogP contribution in [0, 0.1) is 5.92 Å². The lowest BCUT2D eigenvalue weighted by molar-refractivity contribution is -0.117. The highest BCUT2D eigenvalue weighted by Gasteiger charge is 2.17. The summed E-state index contributed by atoms with van der Waals surface area (Å²) in [7, 11) is 0. The molecule has 1 aliphatic rings. The summed E-state index contributed by atoms with van der Waals surface area (Å²) >= 11 is 0. The zero-order valence-corrected chi connectivity index (χ0v) is 11.1. The van der Waals surface area contributed by atoms with Crippen LogP contribution < -0.4 is 5.32 Å². The molecule has 0 spiro atoms. The molecule has 102 valence electrons. The Morgan fingerprint density at radius 2 is 1.84 bits per heavy atom. The van der Waals surface area contributed by atoms with Gasteiger partial charge in [0, 0.05) is 30.9 Å². The summed E-state index contributed by atoms with van der Waals surface area (Å²) in [6.45, 7) is 3.04. The van der Waals surface area contributed by atoms with Crippen LogP contribution in [-0.2, 0) is 9.53 Å². The van der Waals surface area contributed by atoms with Gasteiger partial charge >= 0.3 is 0 Å². The minimum atomic E-state index is 0.0279. The Morgan fingerprint density at radius 3 is 2.42 bits per heavy atom. The smallest absolute Gasteiger partial charge is 0.224 e. The normalized spacial score (nSPS) is 16.1. The van der Waals surface area contributed by atoms with Gasteiger partial charge in [0.25, 0.3) is 0 Å². The Bertz CT molecular complexity index is 447. The molecule has 1 amide bonds. The van der Waals surface area contributed by atoms with E-state index in [2.05, 4.69) is 5.32 Å². The third-order valence-corrected chi connectivity index (χ3v) is 3.39. The van der Waals surface area contributed by atoms with Crippen molar-refractivity contribution in [3.8, 4) is 0 Å². The molecule has 1 aromatic carbocycles. The maximum atomic E-state index is 11.9. The van der Waals surface area contributed by atoms with Crippen molar-refractivity contribution in [3.63, 3.8) is 0 Å². The molecular weight excluding hydrogens is 242 g/mol. The number of carbonyl (C=O) groups excluding carboxylic acids is 2. The fourth-order valence-corrected chi connectivity index (χ4v) is 2.21. The molecule has 19 heavy (non-hydrogen) atoms. The monoisotopic (exact) mass is 261 g/mol. The van der Waals surface area contributed by atoms with Crippen LogP contribution in [-0.4, -0.2) is 24.9 Å². The Balaban J connectivity index is 1.85. The van der Waals surface area contributed by atoms with E-state index < -0.39 is 0 Å². The second-order valence-electron chi connectivity index (χ2n) is 4.94. The van der Waals surface area contributed by atoms with Gasteiger partial charge in [-0.1, -0.05) is 0 Å². The number of hydrogen-bond donors (Lipinski definition) is 1. The van der Waals surface area contributed by atoms with Gasteiger partial charge in [0.05, 0.1) is 0 Å². The van der Waals surface area contributed by atoms with E-state index in [0.29, 0.717) is 17.9 Å². The number of amides is 1. The molecule has 4 nitrogen and oxygen atoms in total. The maximum absolute atomic E-state index is 11.9. The minimum Gasteiger partial charge on any atom is -0.381 e. The first-order valence-electron chi connectivity index (χ1n) is 6.64. The summed E-state index contributed by atoms with van der Waals surface area (Å²) in [6.07, 6.45) is 2.45. The molecule has 1 saturated heterocycles. The molecule has 1 N–H and O–H groups in total. The van der Waals surface area contributed by atoms with Gasteiger partial charge in [-0.05, 0) is 49.9 Å². The number of benzene rings is 1. The second kappa shape index (κ2) is 6.48. The summed E-state index contributed by atoms with van der Waals surface area (Å²) in [5.41, 5.74) is 1.39. The lowest BCUT2D eigenvalue weighted by Gasteiger charge is -2.21. The molecule has 0 aromatic heterocycles. The first kappa shape index (κ1) is 13.7. The minimum absolute atomic E-state index is 0.0279. The summed E-state index contributed by atoms with van der Waals surface area (Å²) in [5, 5.41) is 2.86. The van der Waals surface area contributed by atoms with E-state index in [1.54, 1.807) is 24.3 Å². The number of hydrogen-bond acceptors (Lipinski definition) is 3. The number of ketones is 1. The molecule has 2 rings (SSSR count). The third-order valence-electron chi connectivity index (χ3n) is 3.39. The molecule has 4 heteroatoms. The van der Waals surface area contributed by atoms with Crippen molar-refractivity contribution in [2.24, 2.45) is 5.92 Å². The molecule has 1 heterocycles. The SMILES string of the molecule is CC(=O)c1ccc(NC(=O)CC2CCOCC2)cc1. The summed E-state index contributed by atoms with van der Waals surface area (Å²) in [4.78, 5) is 23.0. The second-order valence-corrected chi connectivity index (χ2v) is 4.94. The average Bonchev–Trinajstić information content (AvgIpc) is 2.40. The maximum Gasteiger partial charge on any atom is 0.224 e. The van der Waals surface area contributed by atoms with Crippen molar-refractivity contribution in [1.29, 1.82) is 0 Å². The van der Waals surface area contributed by atoms with Crippen LogP contribution in [0.5, 0.6) is 0 Å². The fraction of sp³-hybridized carbons (Fsp3) is 0.467. The van der Waals surface area contributed by atoms with Crippen LogP contribution in [0.15, 0.2) is 24.3 Å². The predicted octanol–water partition coefficient (Wildman–Crippen LogP) is 2.64. The topological polar surface area (TPSA) is 55.4 Å². The molecular formula is C15H19NO3. The highest BCUT2D eigenvalue weighted by atomic mass is 16.5. The number of carbonyl (C=O) groups is 2. The Hall–Kier alpha value is -1.68. The zero-order chi connectivity index (χ0) is 13.7. The summed E-state index contributed by atoms with van der Waals surface area (Å²) < 4.78 is 5.27. The van der Waals surface area contributed by atoms with Gasteiger partial charge in [0.1, 0.15) is 0 Å². The molecule has 1 aromatic rings. The molecule has 1 aliphatic heterocycles. The van der Waals surface area contributed by atoms with E-state index in [4.69, 9.17) is 4.74 Å². The van der Waals surface area contributed by atoms with Crippen LogP contribution in [0.2, 0.25) is 0 Å². The molecule has 0 radical (unpaired) electrons. The number of ether oxygens (including phenoxy) is 1. The Labute approximate surface area is 113 Å². The third kappa shape index (κ3) is 4.17. The summed E-state index contributed by atoms with van der Waals surface area (Å²) in [6, 6.07) is 6.98. The lowest BCUT2D eigenvalue weighted by atomic mass is 9.96. The van der Waals surface area contributed by atoms with Gasteiger partial charge in [-0.3, -0.25) is 9.59 Å². The Kier molecular flexibility index (Phi) is 4.68. The van der Waals surface area contributed by atoms with Gasteiger partial charge in [-0.15, -0.1) is 0 Å². The van der Waals surface area contributed by atoms with Gasteiger partial charge < -0.3 is 10.1 Å². The van der Waals surface area contributed by atoms with Gasteiger partial charge in [-0.2, -0.15) is 0 Å². The van der Waals surface area contributed by atoms with Gasteiger partial charge in [0.15, 0.2) is 5.78 Å². The molecule has 0 unspecified atom stereocenters. The predicted molar refractivity (Wildman–Crippen MR) is 73.2 cm³/mol. The lowest BCUT2D eigenvalue weighted by Crippen LogP contribution is -2.22. The van der Waals surface area contributed by atoms with Crippen molar-refractivity contribution in [3.05, 3.63) is 29.8 Å². The highest BCUT2D eigenvalue weighted by molar-refractivity contribution is 5.95. The van der Waals surface area contributed by atoms with Crippen molar-refractivity contribution in [2.75, 3.05) is 18.5 Å². The molecule has 0 bridgehead atoms. The summed E-state index contributed by atoms with van der Waals surface area (Å²) in [5.74, 6) is 0.479. The van der Waals surface area contributed by atoms with E-state index in [1.165, 1.54) is 6.92 Å². The average molecular weight is 261 g/mol. The number of rotatable bonds is 4. The van der Waals surface area contributed by atoms with E-state index >= 15 is 0 Å². The van der Waals surface area contributed by atoms with E-state index in [-0.39, 0.29) is 11.7 Å². The van der Waals surface area contributed by atoms with Crippen LogP contribution in [0.1, 0.15) is 36.5 Å². The van der Waals surface area contributed by atoms with Crippen LogP contribution >= 0.6 is 0 Å². The van der Waals surface area contributed by atoms with Crippen LogP contribution in [0.4, 0.5) is 5.69 Å². The first-order chi connectivity index (χ1) is 9.15. The van der Waals surface area contributed by atoms with Crippen molar-refractivity contribution in [1.82, 2.24) is 0 Å². The van der Waals surface area contributed by atoms with Crippen LogP contribution in [0.25, 0.3) is 0 Å².